The Balaban J connectivity index is 1.86. The van der Waals surface area contributed by atoms with Crippen LogP contribution in [0.1, 0.15) is 50.6 Å². The highest BCUT2D eigenvalue weighted by Gasteiger charge is 2.12. The minimum atomic E-state index is 0.663. The third-order valence-corrected chi connectivity index (χ3v) is 3.94. The molecule has 0 atom stereocenters. The van der Waals surface area contributed by atoms with E-state index in [1.807, 2.05) is 0 Å². The van der Waals surface area contributed by atoms with E-state index in [2.05, 4.69) is 22.6 Å². The number of aryl methyl sites for hydroxylation is 1. The molecule has 2 rings (SSSR count). The predicted octanol–water partition coefficient (Wildman–Crippen LogP) is 3.98. The van der Waals surface area contributed by atoms with Crippen molar-refractivity contribution >= 4 is 16.5 Å². The van der Waals surface area contributed by atoms with Crippen molar-refractivity contribution in [3.05, 3.63) is 11.1 Å². The van der Waals surface area contributed by atoms with E-state index in [0.29, 0.717) is 6.04 Å². The zero-order valence-electron chi connectivity index (χ0n) is 9.46. The van der Waals surface area contributed by atoms with Gasteiger partial charge in [-0.2, -0.15) is 0 Å². The molecule has 1 N–H and O–H groups in total. The lowest BCUT2D eigenvalue weighted by Crippen LogP contribution is -2.20. The van der Waals surface area contributed by atoms with Crippen LogP contribution < -0.4 is 5.32 Å². The van der Waals surface area contributed by atoms with E-state index in [-0.39, 0.29) is 0 Å². The lowest BCUT2D eigenvalue weighted by atomic mass is 9.97. The topological polar surface area (TPSA) is 24.9 Å². The van der Waals surface area contributed by atoms with Gasteiger partial charge in [0.1, 0.15) is 0 Å². The molecule has 1 aliphatic rings. The summed E-state index contributed by atoms with van der Waals surface area (Å²) < 4.78 is 0. The molecule has 0 spiro atoms. The summed E-state index contributed by atoms with van der Waals surface area (Å²) in [5.41, 5.74) is 1.13. The minimum absolute atomic E-state index is 0.663. The number of rotatable bonds is 2. The molecule has 0 aliphatic heterocycles. The number of thiazole rings is 1. The number of hydrogen-bond acceptors (Lipinski definition) is 3. The first-order valence-electron chi connectivity index (χ1n) is 6.03. The van der Waals surface area contributed by atoms with Gasteiger partial charge in [-0.3, -0.25) is 0 Å². The highest BCUT2D eigenvalue weighted by Crippen LogP contribution is 2.22. The molecule has 1 aliphatic carbocycles. The fourth-order valence-electron chi connectivity index (χ4n) is 2.20. The Bertz CT molecular complexity index is 288. The molecule has 1 saturated carbocycles. The van der Waals surface area contributed by atoms with Crippen LogP contribution in [0.4, 0.5) is 5.13 Å². The van der Waals surface area contributed by atoms with Gasteiger partial charge in [0, 0.05) is 11.4 Å². The monoisotopic (exact) mass is 224 g/mol. The lowest BCUT2D eigenvalue weighted by molar-refractivity contribution is 0.471. The van der Waals surface area contributed by atoms with Crippen molar-refractivity contribution in [2.75, 3.05) is 5.32 Å². The number of aromatic nitrogens is 1. The van der Waals surface area contributed by atoms with Crippen LogP contribution in [-0.4, -0.2) is 11.0 Å². The molecular weight excluding hydrogens is 204 g/mol. The van der Waals surface area contributed by atoms with Crippen LogP contribution >= 0.6 is 11.3 Å². The highest BCUT2D eigenvalue weighted by atomic mass is 32.1. The van der Waals surface area contributed by atoms with Crippen molar-refractivity contribution in [3.8, 4) is 0 Å². The Morgan fingerprint density at radius 2 is 1.87 bits per heavy atom. The van der Waals surface area contributed by atoms with Gasteiger partial charge in [0.25, 0.3) is 0 Å². The third-order valence-electron chi connectivity index (χ3n) is 3.05. The summed E-state index contributed by atoms with van der Waals surface area (Å²) in [7, 11) is 0. The quantitative estimate of drug-likeness (QED) is 0.822. The van der Waals surface area contributed by atoms with Crippen molar-refractivity contribution in [1.29, 1.82) is 0 Å². The molecule has 0 unspecified atom stereocenters. The van der Waals surface area contributed by atoms with Crippen molar-refractivity contribution in [3.63, 3.8) is 0 Å². The molecule has 2 nitrogen and oxygen atoms in total. The van der Waals surface area contributed by atoms with Crippen LogP contribution in [-0.2, 0) is 0 Å². The second-order valence-corrected chi connectivity index (χ2v) is 5.34. The maximum absolute atomic E-state index is 4.47. The van der Waals surface area contributed by atoms with Crippen LogP contribution in [0.5, 0.6) is 0 Å². The molecule has 1 aromatic heterocycles. The summed E-state index contributed by atoms with van der Waals surface area (Å²) >= 11 is 1.73. The molecule has 0 bridgehead atoms. The Morgan fingerprint density at radius 3 is 2.47 bits per heavy atom. The molecule has 15 heavy (non-hydrogen) atoms. The molecule has 0 aromatic carbocycles. The van der Waals surface area contributed by atoms with Gasteiger partial charge in [-0.05, 0) is 19.8 Å². The number of anilines is 1. The minimum Gasteiger partial charge on any atom is -0.359 e. The Hall–Kier alpha value is -0.570. The van der Waals surface area contributed by atoms with Gasteiger partial charge in [0.2, 0.25) is 0 Å². The first-order chi connectivity index (χ1) is 7.34. The van der Waals surface area contributed by atoms with Crippen molar-refractivity contribution < 1.29 is 0 Å². The molecular formula is C12H20N2S. The molecule has 0 amide bonds. The molecule has 1 fully saturated rings. The largest absolute Gasteiger partial charge is 0.359 e. The van der Waals surface area contributed by atoms with E-state index < -0.39 is 0 Å². The first kappa shape index (κ1) is 10.9. The number of hydrogen-bond donors (Lipinski definition) is 1. The summed E-state index contributed by atoms with van der Waals surface area (Å²) in [6.45, 7) is 2.06. The molecule has 1 aromatic rings. The van der Waals surface area contributed by atoms with Crippen molar-refractivity contribution in [2.45, 2.75) is 57.9 Å². The van der Waals surface area contributed by atoms with Crippen LogP contribution in [0.25, 0.3) is 0 Å². The summed E-state index contributed by atoms with van der Waals surface area (Å²) in [4.78, 5) is 4.47. The van der Waals surface area contributed by atoms with Gasteiger partial charge in [-0.15, -0.1) is 11.3 Å². The maximum Gasteiger partial charge on any atom is 0.183 e. The van der Waals surface area contributed by atoms with Gasteiger partial charge in [0.15, 0.2) is 5.13 Å². The predicted molar refractivity (Wildman–Crippen MR) is 66.6 cm³/mol. The average Bonchev–Trinajstić information content (AvgIpc) is 2.56. The average molecular weight is 224 g/mol. The standard InChI is InChI=1S/C12H20N2S/c1-10-9-15-12(13-10)14-11-7-5-3-2-4-6-8-11/h9,11H,2-8H2,1H3,(H,13,14). The Morgan fingerprint density at radius 1 is 1.20 bits per heavy atom. The summed E-state index contributed by atoms with van der Waals surface area (Å²) in [6.07, 6.45) is 9.65. The molecule has 3 heteroatoms. The van der Waals surface area contributed by atoms with Gasteiger partial charge in [-0.25, -0.2) is 4.98 Å². The lowest BCUT2D eigenvalue weighted by Gasteiger charge is -2.20. The Kier molecular flexibility index (Phi) is 4.01. The van der Waals surface area contributed by atoms with E-state index in [1.54, 1.807) is 11.3 Å². The number of nitrogens with zero attached hydrogens (tertiary/aromatic N) is 1. The molecule has 0 saturated heterocycles. The molecule has 84 valence electrons. The summed E-state index contributed by atoms with van der Waals surface area (Å²) in [6, 6.07) is 0.663. The van der Waals surface area contributed by atoms with Crippen LogP contribution in [0.3, 0.4) is 0 Å². The van der Waals surface area contributed by atoms with Gasteiger partial charge >= 0.3 is 0 Å². The van der Waals surface area contributed by atoms with Crippen LogP contribution in [0, 0.1) is 6.92 Å². The van der Waals surface area contributed by atoms with Gasteiger partial charge in [-0.1, -0.05) is 32.1 Å². The second-order valence-electron chi connectivity index (χ2n) is 4.48. The van der Waals surface area contributed by atoms with Gasteiger partial charge in [0.05, 0.1) is 5.69 Å². The first-order valence-corrected chi connectivity index (χ1v) is 6.91. The normalized spacial score (nSPS) is 19.5. The zero-order chi connectivity index (χ0) is 10.5. The van der Waals surface area contributed by atoms with Crippen molar-refractivity contribution in [1.82, 2.24) is 4.98 Å². The fourth-order valence-corrected chi connectivity index (χ4v) is 2.96. The van der Waals surface area contributed by atoms with Crippen LogP contribution in [0.2, 0.25) is 0 Å². The van der Waals surface area contributed by atoms with Gasteiger partial charge < -0.3 is 5.32 Å². The highest BCUT2D eigenvalue weighted by molar-refractivity contribution is 7.13. The maximum atomic E-state index is 4.47. The van der Waals surface area contributed by atoms with E-state index in [4.69, 9.17) is 0 Å². The Labute approximate surface area is 96.1 Å². The van der Waals surface area contributed by atoms with E-state index in [1.165, 1.54) is 44.9 Å². The smallest absolute Gasteiger partial charge is 0.183 e. The fraction of sp³-hybridized carbons (Fsp3) is 0.750. The van der Waals surface area contributed by atoms with E-state index >= 15 is 0 Å². The third kappa shape index (κ3) is 3.49. The van der Waals surface area contributed by atoms with Crippen molar-refractivity contribution in [2.24, 2.45) is 0 Å². The summed E-state index contributed by atoms with van der Waals surface area (Å²) in [5, 5.41) is 6.80. The van der Waals surface area contributed by atoms with E-state index in [0.717, 1.165) is 10.8 Å². The van der Waals surface area contributed by atoms with E-state index in [9.17, 15) is 0 Å². The molecule has 0 radical (unpaired) electrons. The zero-order valence-corrected chi connectivity index (χ0v) is 10.3. The second kappa shape index (κ2) is 5.50. The molecule has 1 heterocycles. The SMILES string of the molecule is Cc1csc(NC2CCCCCCC2)n1. The number of nitrogens with one attached hydrogen (secondary N) is 1. The van der Waals surface area contributed by atoms with Crippen LogP contribution in [0.15, 0.2) is 5.38 Å². The summed E-state index contributed by atoms with van der Waals surface area (Å²) in [5.74, 6) is 0.